The van der Waals surface area contributed by atoms with E-state index in [0.29, 0.717) is 0 Å². The molecule has 0 aromatic heterocycles. The summed E-state index contributed by atoms with van der Waals surface area (Å²) in [4.78, 5) is 0. The van der Waals surface area contributed by atoms with E-state index in [1.165, 1.54) is 0 Å². The van der Waals surface area contributed by atoms with Crippen LogP contribution in [0.3, 0.4) is 0 Å². The summed E-state index contributed by atoms with van der Waals surface area (Å²) in [6, 6.07) is 16.1. The molecule has 94 valence electrons. The van der Waals surface area contributed by atoms with Gasteiger partial charge < -0.3 is 0 Å². The van der Waals surface area contributed by atoms with Crippen molar-refractivity contribution in [3.8, 4) is 0 Å². The number of aryl methyl sites for hydroxylation is 1. The average Bonchev–Trinajstić information content (AvgIpc) is 2.38. The summed E-state index contributed by atoms with van der Waals surface area (Å²) in [6.45, 7) is 0. The van der Waals surface area contributed by atoms with Crippen LogP contribution in [0.1, 0.15) is 22.9 Å². The van der Waals surface area contributed by atoms with Gasteiger partial charge in [0.2, 0.25) is 0 Å². The van der Waals surface area contributed by atoms with Gasteiger partial charge in [0.05, 0.1) is 5.38 Å². The van der Waals surface area contributed by atoms with Crippen LogP contribution in [-0.4, -0.2) is 0 Å². The van der Waals surface area contributed by atoms with E-state index >= 15 is 0 Å². The molecule has 2 rings (SSSR count). The zero-order chi connectivity index (χ0) is 13.0. The van der Waals surface area contributed by atoms with Gasteiger partial charge in [-0.2, -0.15) is 0 Å². The first-order valence-corrected chi connectivity index (χ1v) is 7.40. The monoisotopic (exact) mass is 342 g/mol. The van der Waals surface area contributed by atoms with E-state index in [-0.39, 0.29) is 5.38 Å². The Hall–Kier alpha value is -0.500. The van der Waals surface area contributed by atoms with Crippen molar-refractivity contribution in [1.82, 2.24) is 0 Å². The van der Waals surface area contributed by atoms with E-state index in [1.807, 2.05) is 36.4 Å². The Morgan fingerprint density at radius 3 is 2.44 bits per heavy atom. The summed E-state index contributed by atoms with van der Waals surface area (Å²) in [5, 5.41) is 0.826. The molecule has 0 aliphatic carbocycles. The van der Waals surface area contributed by atoms with Gasteiger partial charge in [-0.15, -0.1) is 11.6 Å². The molecule has 3 heteroatoms. The molecule has 2 aromatic rings. The summed E-state index contributed by atoms with van der Waals surface area (Å²) in [6.07, 6.45) is 1.77. The largest absolute Gasteiger partial charge is 0.118 e. The molecule has 0 nitrogen and oxygen atoms in total. The normalized spacial score (nSPS) is 12.4. The summed E-state index contributed by atoms with van der Waals surface area (Å²) < 4.78 is 1.00. The van der Waals surface area contributed by atoms with Crippen LogP contribution < -0.4 is 0 Å². The van der Waals surface area contributed by atoms with Crippen molar-refractivity contribution in [2.45, 2.75) is 18.2 Å². The zero-order valence-corrected chi connectivity index (χ0v) is 12.8. The van der Waals surface area contributed by atoms with E-state index in [2.05, 4.69) is 28.1 Å². The molecule has 0 fully saturated rings. The number of hydrogen-bond acceptors (Lipinski definition) is 0. The predicted octanol–water partition coefficient (Wildman–Crippen LogP) is 6.02. The third kappa shape index (κ3) is 3.74. The Kier molecular flexibility index (Phi) is 5.11. The van der Waals surface area contributed by atoms with Crippen LogP contribution >= 0.6 is 39.1 Å². The van der Waals surface area contributed by atoms with Crippen LogP contribution in [0.15, 0.2) is 53.0 Å². The highest BCUT2D eigenvalue weighted by Gasteiger charge is 2.09. The summed E-state index contributed by atoms with van der Waals surface area (Å²) >= 11 is 16.0. The van der Waals surface area contributed by atoms with Gasteiger partial charge in [-0.25, -0.2) is 0 Å². The maximum atomic E-state index is 6.39. The van der Waals surface area contributed by atoms with Gasteiger partial charge in [0.25, 0.3) is 0 Å². The van der Waals surface area contributed by atoms with Crippen LogP contribution in [0.25, 0.3) is 0 Å². The molecule has 0 saturated heterocycles. The SMILES string of the molecule is Clc1cc(Br)ccc1CCC(Cl)c1ccccc1. The van der Waals surface area contributed by atoms with Crippen molar-refractivity contribution in [2.75, 3.05) is 0 Å². The topological polar surface area (TPSA) is 0 Å². The quantitative estimate of drug-likeness (QED) is 0.596. The van der Waals surface area contributed by atoms with E-state index in [1.54, 1.807) is 0 Å². The Balaban J connectivity index is 1.99. The molecule has 0 aliphatic heterocycles. The lowest BCUT2D eigenvalue weighted by molar-refractivity contribution is 0.793. The molecule has 0 saturated carbocycles. The predicted molar refractivity (Wildman–Crippen MR) is 82.5 cm³/mol. The highest BCUT2D eigenvalue weighted by molar-refractivity contribution is 9.10. The number of alkyl halides is 1. The lowest BCUT2D eigenvalue weighted by Gasteiger charge is -2.10. The fourth-order valence-corrected chi connectivity index (χ4v) is 2.86. The minimum Gasteiger partial charge on any atom is -0.118 e. The second kappa shape index (κ2) is 6.60. The smallest absolute Gasteiger partial charge is 0.0588 e. The molecule has 2 aromatic carbocycles. The van der Waals surface area contributed by atoms with E-state index in [4.69, 9.17) is 23.2 Å². The first-order valence-electron chi connectivity index (χ1n) is 5.80. The standard InChI is InChI=1S/C15H13BrCl2/c16-13-8-6-12(15(18)10-13)7-9-14(17)11-4-2-1-3-5-11/h1-6,8,10,14H,7,9H2. The minimum atomic E-state index is 0.0333. The molecule has 18 heavy (non-hydrogen) atoms. The van der Waals surface area contributed by atoms with Crippen molar-refractivity contribution in [3.05, 3.63) is 69.2 Å². The average molecular weight is 344 g/mol. The van der Waals surface area contributed by atoms with Gasteiger partial charge in [0.15, 0.2) is 0 Å². The minimum absolute atomic E-state index is 0.0333. The van der Waals surface area contributed by atoms with Gasteiger partial charge in [0.1, 0.15) is 0 Å². The second-order valence-electron chi connectivity index (χ2n) is 4.15. The maximum Gasteiger partial charge on any atom is 0.0588 e. The first-order chi connectivity index (χ1) is 8.66. The van der Waals surface area contributed by atoms with Gasteiger partial charge in [0, 0.05) is 9.50 Å². The van der Waals surface area contributed by atoms with Gasteiger partial charge in [-0.3, -0.25) is 0 Å². The number of rotatable bonds is 4. The van der Waals surface area contributed by atoms with Crippen LogP contribution in [0.2, 0.25) is 5.02 Å². The van der Waals surface area contributed by atoms with Crippen LogP contribution in [0.4, 0.5) is 0 Å². The lowest BCUT2D eigenvalue weighted by Crippen LogP contribution is -1.94. The third-order valence-electron chi connectivity index (χ3n) is 2.84. The third-order valence-corrected chi connectivity index (χ3v) is 4.16. The van der Waals surface area contributed by atoms with Gasteiger partial charge in [-0.05, 0) is 36.1 Å². The lowest BCUT2D eigenvalue weighted by atomic mass is 10.0. The van der Waals surface area contributed by atoms with Crippen molar-refractivity contribution in [2.24, 2.45) is 0 Å². The molecular formula is C15H13BrCl2. The van der Waals surface area contributed by atoms with Crippen LogP contribution in [0, 0.1) is 0 Å². The van der Waals surface area contributed by atoms with Crippen molar-refractivity contribution in [1.29, 1.82) is 0 Å². The molecule has 0 bridgehead atoms. The fourth-order valence-electron chi connectivity index (χ4n) is 1.84. The Bertz CT molecular complexity index is 511. The number of benzene rings is 2. The highest BCUT2D eigenvalue weighted by Crippen LogP contribution is 2.28. The summed E-state index contributed by atoms with van der Waals surface area (Å²) in [7, 11) is 0. The number of halogens is 3. The second-order valence-corrected chi connectivity index (χ2v) is 6.00. The summed E-state index contributed by atoms with van der Waals surface area (Å²) in [5.74, 6) is 0. The Labute approximate surface area is 126 Å². The molecule has 1 unspecified atom stereocenters. The molecule has 0 N–H and O–H groups in total. The van der Waals surface area contributed by atoms with Crippen LogP contribution in [0.5, 0.6) is 0 Å². The molecule has 0 aliphatic rings. The first kappa shape index (κ1) is 13.9. The van der Waals surface area contributed by atoms with E-state index in [0.717, 1.165) is 33.5 Å². The Morgan fingerprint density at radius 2 is 1.78 bits per heavy atom. The fraction of sp³-hybridized carbons (Fsp3) is 0.200. The van der Waals surface area contributed by atoms with Crippen LogP contribution in [-0.2, 0) is 6.42 Å². The highest BCUT2D eigenvalue weighted by atomic mass is 79.9. The van der Waals surface area contributed by atoms with Gasteiger partial charge in [-0.1, -0.05) is 63.9 Å². The molecule has 0 heterocycles. The molecule has 1 atom stereocenters. The number of hydrogen-bond donors (Lipinski definition) is 0. The molecular weight excluding hydrogens is 331 g/mol. The molecule has 0 radical (unpaired) electrons. The van der Waals surface area contributed by atoms with Crippen molar-refractivity contribution >= 4 is 39.1 Å². The maximum absolute atomic E-state index is 6.39. The van der Waals surface area contributed by atoms with E-state index in [9.17, 15) is 0 Å². The molecule has 0 amide bonds. The van der Waals surface area contributed by atoms with Crippen molar-refractivity contribution < 1.29 is 0 Å². The van der Waals surface area contributed by atoms with E-state index < -0.39 is 0 Å². The summed E-state index contributed by atoms with van der Waals surface area (Å²) in [5.41, 5.74) is 2.30. The van der Waals surface area contributed by atoms with Gasteiger partial charge >= 0.3 is 0 Å². The zero-order valence-electron chi connectivity index (χ0n) is 9.74. The Morgan fingerprint density at radius 1 is 1.06 bits per heavy atom. The molecule has 0 spiro atoms. The van der Waals surface area contributed by atoms with Crippen molar-refractivity contribution in [3.63, 3.8) is 0 Å².